The van der Waals surface area contributed by atoms with Crippen molar-refractivity contribution in [2.45, 2.75) is 0 Å². The van der Waals surface area contributed by atoms with Crippen LogP contribution < -0.4 is 10.1 Å². The highest BCUT2D eigenvalue weighted by Gasteiger charge is 2.11. The fraction of sp³-hybridized carbons (Fsp3) is 0.0455. The molecule has 1 amide bonds. The molecule has 2 aromatic heterocycles. The molecule has 0 aliphatic rings. The van der Waals surface area contributed by atoms with Crippen LogP contribution in [0.5, 0.6) is 5.75 Å². The quantitative estimate of drug-likeness (QED) is 0.394. The molecule has 0 radical (unpaired) electrons. The molecular formula is C22H15Cl2N3O3. The third kappa shape index (κ3) is 4.30. The van der Waals surface area contributed by atoms with Gasteiger partial charge in [0.15, 0.2) is 11.2 Å². The molecule has 4 rings (SSSR count). The molecule has 0 aliphatic heterocycles. The van der Waals surface area contributed by atoms with Crippen LogP contribution in [0.2, 0.25) is 10.0 Å². The van der Waals surface area contributed by atoms with Crippen LogP contribution in [0.3, 0.4) is 0 Å². The lowest BCUT2D eigenvalue weighted by Gasteiger charge is -2.08. The maximum Gasteiger partial charge on any atom is 0.248 e. The lowest BCUT2D eigenvalue weighted by molar-refractivity contribution is -0.111. The number of carbonyl (C=O) groups excluding carboxylic acids is 1. The van der Waals surface area contributed by atoms with E-state index in [1.54, 1.807) is 54.7 Å². The van der Waals surface area contributed by atoms with E-state index in [4.69, 9.17) is 32.4 Å². The summed E-state index contributed by atoms with van der Waals surface area (Å²) >= 11 is 12.2. The number of nitrogens with zero attached hydrogens (tertiary/aromatic N) is 2. The molecule has 8 heteroatoms. The fourth-order valence-electron chi connectivity index (χ4n) is 2.89. The summed E-state index contributed by atoms with van der Waals surface area (Å²) in [4.78, 5) is 20.9. The van der Waals surface area contributed by atoms with Crippen molar-refractivity contribution in [3.05, 3.63) is 76.4 Å². The van der Waals surface area contributed by atoms with Crippen molar-refractivity contribution in [2.75, 3.05) is 12.4 Å². The van der Waals surface area contributed by atoms with Gasteiger partial charge >= 0.3 is 0 Å². The van der Waals surface area contributed by atoms with Gasteiger partial charge in [-0.3, -0.25) is 4.79 Å². The third-order valence-electron chi connectivity index (χ3n) is 4.20. The SMILES string of the molecule is COc1c(Cl)cc(Cl)cc1/C=C/C(=O)Nc1cccc(-c2nc3ncccc3o2)c1. The molecule has 0 bridgehead atoms. The number of carbonyl (C=O) groups is 1. The molecule has 0 fully saturated rings. The lowest BCUT2D eigenvalue weighted by atomic mass is 10.1. The van der Waals surface area contributed by atoms with Crippen LogP contribution in [0.15, 0.2) is 65.2 Å². The Balaban J connectivity index is 1.53. The number of hydrogen-bond acceptors (Lipinski definition) is 5. The molecule has 0 atom stereocenters. The van der Waals surface area contributed by atoms with E-state index in [0.29, 0.717) is 44.2 Å². The van der Waals surface area contributed by atoms with Gasteiger partial charge in [0, 0.05) is 34.1 Å². The van der Waals surface area contributed by atoms with E-state index in [1.807, 2.05) is 6.07 Å². The van der Waals surface area contributed by atoms with Gasteiger partial charge in [-0.25, -0.2) is 4.98 Å². The van der Waals surface area contributed by atoms with Crippen LogP contribution in [0.25, 0.3) is 28.8 Å². The summed E-state index contributed by atoms with van der Waals surface area (Å²) in [7, 11) is 1.50. The van der Waals surface area contributed by atoms with Crippen LogP contribution in [-0.4, -0.2) is 23.0 Å². The van der Waals surface area contributed by atoms with Gasteiger partial charge in [0.25, 0.3) is 0 Å². The largest absolute Gasteiger partial charge is 0.495 e. The van der Waals surface area contributed by atoms with Gasteiger partial charge < -0.3 is 14.5 Å². The first-order valence-electron chi connectivity index (χ1n) is 8.87. The minimum atomic E-state index is -0.329. The topological polar surface area (TPSA) is 77.2 Å². The third-order valence-corrected chi connectivity index (χ3v) is 4.70. The van der Waals surface area contributed by atoms with E-state index in [-0.39, 0.29) is 5.91 Å². The van der Waals surface area contributed by atoms with E-state index < -0.39 is 0 Å². The monoisotopic (exact) mass is 439 g/mol. The molecule has 0 saturated carbocycles. The summed E-state index contributed by atoms with van der Waals surface area (Å²) in [6.07, 6.45) is 4.61. The van der Waals surface area contributed by atoms with E-state index in [9.17, 15) is 4.79 Å². The molecule has 2 heterocycles. The zero-order chi connectivity index (χ0) is 21.1. The van der Waals surface area contributed by atoms with Gasteiger partial charge in [-0.05, 0) is 48.5 Å². The van der Waals surface area contributed by atoms with Crippen molar-refractivity contribution in [1.29, 1.82) is 0 Å². The Morgan fingerprint density at radius 3 is 2.83 bits per heavy atom. The van der Waals surface area contributed by atoms with Gasteiger partial charge in [0.05, 0.1) is 12.1 Å². The first-order valence-corrected chi connectivity index (χ1v) is 9.63. The molecule has 0 aliphatic carbocycles. The minimum Gasteiger partial charge on any atom is -0.495 e. The molecule has 2 aromatic carbocycles. The first kappa shape index (κ1) is 19.9. The molecule has 0 unspecified atom stereocenters. The van der Waals surface area contributed by atoms with E-state index >= 15 is 0 Å². The van der Waals surface area contributed by atoms with Gasteiger partial charge in [0.2, 0.25) is 11.8 Å². The molecule has 150 valence electrons. The van der Waals surface area contributed by atoms with Crippen LogP contribution >= 0.6 is 23.2 Å². The molecule has 1 N–H and O–H groups in total. The summed E-state index contributed by atoms with van der Waals surface area (Å²) < 4.78 is 11.0. The average molecular weight is 440 g/mol. The molecule has 6 nitrogen and oxygen atoms in total. The van der Waals surface area contributed by atoms with E-state index in [0.717, 1.165) is 5.56 Å². The van der Waals surface area contributed by atoms with Crippen molar-refractivity contribution in [3.63, 3.8) is 0 Å². The predicted octanol–water partition coefficient (Wildman–Crippen LogP) is 5.86. The summed E-state index contributed by atoms with van der Waals surface area (Å²) in [5.41, 5.74) is 3.03. The van der Waals surface area contributed by atoms with E-state index in [1.165, 1.54) is 13.2 Å². The predicted molar refractivity (Wildman–Crippen MR) is 118 cm³/mol. The number of oxazole rings is 1. The van der Waals surface area contributed by atoms with Crippen LogP contribution in [0, 0.1) is 0 Å². The fourth-order valence-corrected chi connectivity index (χ4v) is 3.48. The molecule has 0 saturated heterocycles. The highest BCUT2D eigenvalue weighted by molar-refractivity contribution is 6.36. The summed E-state index contributed by atoms with van der Waals surface area (Å²) in [5.74, 6) is 0.537. The second kappa shape index (κ2) is 8.57. The Hall–Kier alpha value is -3.35. The second-order valence-corrected chi connectivity index (χ2v) is 7.10. The normalized spacial score (nSPS) is 11.2. The Morgan fingerprint density at radius 2 is 2.03 bits per heavy atom. The number of pyridine rings is 1. The molecule has 0 spiro atoms. The maximum absolute atomic E-state index is 12.4. The van der Waals surface area contributed by atoms with Crippen molar-refractivity contribution < 1.29 is 13.9 Å². The molecule has 4 aromatic rings. The van der Waals surface area contributed by atoms with Crippen LogP contribution in [0.4, 0.5) is 5.69 Å². The van der Waals surface area contributed by atoms with Crippen molar-refractivity contribution in [2.24, 2.45) is 0 Å². The number of ether oxygens (including phenoxy) is 1. The zero-order valence-corrected chi connectivity index (χ0v) is 17.2. The summed E-state index contributed by atoms with van der Waals surface area (Å²) in [5, 5.41) is 3.62. The number of methoxy groups -OCH3 is 1. The highest BCUT2D eigenvalue weighted by atomic mass is 35.5. The number of benzene rings is 2. The lowest BCUT2D eigenvalue weighted by Crippen LogP contribution is -2.07. The summed E-state index contributed by atoms with van der Waals surface area (Å²) in [6, 6.07) is 14.0. The standard InChI is InChI=1S/C22H15Cl2N3O3/c1-29-20-13(10-15(23)12-17(20)24)7-8-19(28)26-16-5-2-4-14(11-16)22-27-21-18(30-22)6-3-9-25-21/h2-12H,1H3,(H,26,28)/b8-7+. The number of nitrogens with one attached hydrogen (secondary N) is 1. The number of rotatable bonds is 5. The highest BCUT2D eigenvalue weighted by Crippen LogP contribution is 2.33. The Morgan fingerprint density at radius 1 is 1.17 bits per heavy atom. The van der Waals surface area contributed by atoms with Crippen molar-refractivity contribution in [1.82, 2.24) is 9.97 Å². The molecular weight excluding hydrogens is 425 g/mol. The van der Waals surface area contributed by atoms with E-state index in [2.05, 4.69) is 15.3 Å². The number of hydrogen-bond donors (Lipinski definition) is 1. The minimum absolute atomic E-state index is 0.329. The average Bonchev–Trinajstić information content (AvgIpc) is 3.16. The van der Waals surface area contributed by atoms with Gasteiger partial charge in [-0.2, -0.15) is 4.98 Å². The smallest absolute Gasteiger partial charge is 0.248 e. The van der Waals surface area contributed by atoms with Gasteiger partial charge in [-0.1, -0.05) is 29.3 Å². The Bertz CT molecular complexity index is 1230. The maximum atomic E-state index is 12.4. The number of fused-ring (bicyclic) bond motifs is 1. The van der Waals surface area contributed by atoms with Crippen LogP contribution in [0.1, 0.15) is 5.56 Å². The van der Waals surface area contributed by atoms with Crippen molar-refractivity contribution in [3.8, 4) is 17.2 Å². The van der Waals surface area contributed by atoms with Crippen LogP contribution in [-0.2, 0) is 4.79 Å². The zero-order valence-electron chi connectivity index (χ0n) is 15.7. The second-order valence-electron chi connectivity index (χ2n) is 6.26. The summed E-state index contributed by atoms with van der Waals surface area (Å²) in [6.45, 7) is 0. The number of amides is 1. The number of halogens is 2. The number of aromatic nitrogens is 2. The molecule has 30 heavy (non-hydrogen) atoms. The number of anilines is 1. The van der Waals surface area contributed by atoms with Gasteiger partial charge in [0.1, 0.15) is 5.75 Å². The Labute approximate surface area is 182 Å². The Kier molecular flexibility index (Phi) is 5.70. The first-order chi connectivity index (χ1) is 14.5. The van der Waals surface area contributed by atoms with Gasteiger partial charge in [-0.15, -0.1) is 0 Å². The van der Waals surface area contributed by atoms with Crippen molar-refractivity contribution >= 4 is 52.1 Å².